The third-order valence-electron chi connectivity index (χ3n) is 2.78. The lowest BCUT2D eigenvalue weighted by Gasteiger charge is -2.27. The van der Waals surface area contributed by atoms with Crippen LogP contribution in [0, 0.1) is 0 Å². The first-order valence-electron chi connectivity index (χ1n) is 4.87. The van der Waals surface area contributed by atoms with E-state index in [2.05, 4.69) is 10.2 Å². The molecule has 0 fully saturated rings. The number of amides is 1. The van der Waals surface area contributed by atoms with Crippen molar-refractivity contribution in [1.82, 2.24) is 0 Å². The van der Waals surface area contributed by atoms with Gasteiger partial charge in [0.2, 0.25) is 0 Å². The van der Waals surface area contributed by atoms with Crippen molar-refractivity contribution in [2.45, 2.75) is 18.1 Å². The molecule has 2 aliphatic rings. The standard InChI is InChI=1S/C10H10N2O4S/c1-7-8(9(13)12-11-7)10(17(14,15)16)5-3-2-4-6-10/h2-5H,6H2,1H3,(H,14,15,16). The van der Waals surface area contributed by atoms with E-state index < -0.39 is 20.8 Å². The molecule has 1 heterocycles. The van der Waals surface area contributed by atoms with Crippen molar-refractivity contribution in [3.05, 3.63) is 35.6 Å². The maximum absolute atomic E-state index is 11.6. The minimum Gasteiger partial charge on any atom is -0.285 e. The van der Waals surface area contributed by atoms with Gasteiger partial charge in [-0.3, -0.25) is 9.35 Å². The molecule has 1 unspecified atom stereocenters. The van der Waals surface area contributed by atoms with Crippen molar-refractivity contribution in [2.75, 3.05) is 0 Å². The predicted molar refractivity (Wildman–Crippen MR) is 59.7 cm³/mol. The first-order chi connectivity index (χ1) is 7.88. The van der Waals surface area contributed by atoms with Crippen LogP contribution < -0.4 is 0 Å². The van der Waals surface area contributed by atoms with Crippen LogP contribution in [-0.2, 0) is 14.9 Å². The molecule has 1 aliphatic heterocycles. The summed E-state index contributed by atoms with van der Waals surface area (Å²) >= 11 is 0. The zero-order chi connectivity index (χ0) is 12.7. The maximum atomic E-state index is 11.6. The summed E-state index contributed by atoms with van der Waals surface area (Å²) in [6, 6.07) is 0. The molecule has 0 aromatic rings. The lowest BCUT2D eigenvalue weighted by molar-refractivity contribution is -0.114. The molecular weight excluding hydrogens is 244 g/mol. The summed E-state index contributed by atoms with van der Waals surface area (Å²) in [5.41, 5.74) is 0.133. The second-order valence-corrected chi connectivity index (χ2v) is 5.50. The van der Waals surface area contributed by atoms with E-state index in [0.717, 1.165) is 0 Å². The molecule has 90 valence electrons. The topological polar surface area (TPSA) is 96.2 Å². The maximum Gasteiger partial charge on any atom is 0.295 e. The average molecular weight is 254 g/mol. The summed E-state index contributed by atoms with van der Waals surface area (Å²) in [6.07, 6.45) is 5.97. The van der Waals surface area contributed by atoms with Gasteiger partial charge in [-0.05, 0) is 13.3 Å². The average Bonchev–Trinajstić information content (AvgIpc) is 2.58. The Morgan fingerprint density at radius 1 is 1.35 bits per heavy atom. The van der Waals surface area contributed by atoms with E-state index in [4.69, 9.17) is 0 Å². The second-order valence-electron chi connectivity index (χ2n) is 3.82. The molecule has 1 atom stereocenters. The molecule has 1 amide bonds. The van der Waals surface area contributed by atoms with Crippen LogP contribution in [0.4, 0.5) is 0 Å². The third-order valence-corrected chi connectivity index (χ3v) is 4.21. The van der Waals surface area contributed by atoms with Crippen LogP contribution in [0.1, 0.15) is 13.3 Å². The summed E-state index contributed by atoms with van der Waals surface area (Å²) in [4.78, 5) is 11.6. The molecular formula is C10H10N2O4S. The lowest BCUT2D eigenvalue weighted by Crippen LogP contribution is -2.41. The van der Waals surface area contributed by atoms with E-state index in [1.807, 2.05) is 0 Å². The highest BCUT2D eigenvalue weighted by atomic mass is 32.2. The SMILES string of the molecule is CC1=C(C2(S(=O)(=O)O)C=CC=CC2)C(=O)N=N1. The number of carbonyl (C=O) groups is 1. The van der Waals surface area contributed by atoms with E-state index in [0.29, 0.717) is 0 Å². The molecule has 0 aromatic carbocycles. The van der Waals surface area contributed by atoms with Gasteiger partial charge in [-0.25, -0.2) is 0 Å². The summed E-state index contributed by atoms with van der Waals surface area (Å²) in [7, 11) is -4.47. The van der Waals surface area contributed by atoms with E-state index in [9.17, 15) is 17.8 Å². The number of rotatable bonds is 2. The predicted octanol–water partition coefficient (Wildman–Crippen LogP) is 1.40. The summed E-state index contributed by atoms with van der Waals surface area (Å²) in [5, 5.41) is 6.86. The molecule has 0 radical (unpaired) electrons. The van der Waals surface area contributed by atoms with Crippen LogP contribution in [0.2, 0.25) is 0 Å². The molecule has 1 N–H and O–H groups in total. The third kappa shape index (κ3) is 1.67. The Kier molecular flexibility index (Phi) is 2.59. The normalized spacial score (nSPS) is 28.2. The molecule has 17 heavy (non-hydrogen) atoms. The molecule has 0 bridgehead atoms. The van der Waals surface area contributed by atoms with Gasteiger partial charge in [-0.1, -0.05) is 24.3 Å². The Morgan fingerprint density at radius 3 is 2.47 bits per heavy atom. The van der Waals surface area contributed by atoms with Gasteiger partial charge in [0.1, 0.15) is 0 Å². The number of carbonyl (C=O) groups excluding carboxylic acids is 1. The zero-order valence-electron chi connectivity index (χ0n) is 8.99. The highest BCUT2D eigenvalue weighted by Crippen LogP contribution is 2.39. The molecule has 0 saturated carbocycles. The van der Waals surface area contributed by atoms with Crippen LogP contribution in [0.5, 0.6) is 0 Å². The summed E-state index contributed by atoms with van der Waals surface area (Å²) < 4.78 is 30.8. The number of azo groups is 1. The summed E-state index contributed by atoms with van der Waals surface area (Å²) in [6.45, 7) is 1.49. The van der Waals surface area contributed by atoms with Crippen LogP contribution in [0.3, 0.4) is 0 Å². The van der Waals surface area contributed by atoms with E-state index in [-0.39, 0.29) is 17.7 Å². The van der Waals surface area contributed by atoms with Crippen LogP contribution in [0.25, 0.3) is 0 Å². The van der Waals surface area contributed by atoms with Gasteiger partial charge in [0.25, 0.3) is 16.0 Å². The second kappa shape index (κ2) is 3.71. The van der Waals surface area contributed by atoms with Crippen molar-refractivity contribution >= 4 is 16.0 Å². The molecule has 0 spiro atoms. The van der Waals surface area contributed by atoms with Crippen LogP contribution in [0.15, 0.2) is 45.8 Å². The summed E-state index contributed by atoms with van der Waals surface area (Å²) in [5.74, 6) is -0.722. The first kappa shape index (κ1) is 11.9. The molecule has 0 saturated heterocycles. The minimum atomic E-state index is -4.47. The van der Waals surface area contributed by atoms with E-state index in [1.165, 1.54) is 19.1 Å². The lowest BCUT2D eigenvalue weighted by atomic mass is 9.90. The van der Waals surface area contributed by atoms with Crippen molar-refractivity contribution in [1.29, 1.82) is 0 Å². The Labute approximate surface area is 98.2 Å². The fourth-order valence-electron chi connectivity index (χ4n) is 1.97. The number of allylic oxidation sites excluding steroid dienone is 4. The minimum absolute atomic E-state index is 0.00815. The van der Waals surface area contributed by atoms with Crippen molar-refractivity contribution in [3.8, 4) is 0 Å². The smallest absolute Gasteiger partial charge is 0.285 e. The zero-order valence-corrected chi connectivity index (χ0v) is 9.81. The fourth-order valence-corrected chi connectivity index (χ4v) is 3.02. The van der Waals surface area contributed by atoms with Crippen LogP contribution in [-0.4, -0.2) is 23.6 Å². The van der Waals surface area contributed by atoms with Gasteiger partial charge in [0, 0.05) is 0 Å². The van der Waals surface area contributed by atoms with Crippen molar-refractivity contribution in [3.63, 3.8) is 0 Å². The number of hydrogen-bond acceptors (Lipinski definition) is 4. The fraction of sp³-hybridized carbons (Fsp3) is 0.300. The number of hydrogen-bond donors (Lipinski definition) is 1. The Morgan fingerprint density at radius 2 is 2.06 bits per heavy atom. The Hall–Kier alpha value is -1.60. The largest absolute Gasteiger partial charge is 0.295 e. The van der Waals surface area contributed by atoms with Crippen molar-refractivity contribution < 1.29 is 17.8 Å². The van der Waals surface area contributed by atoms with Gasteiger partial charge in [-0.2, -0.15) is 13.5 Å². The van der Waals surface area contributed by atoms with Gasteiger partial charge >= 0.3 is 0 Å². The quantitative estimate of drug-likeness (QED) is 0.753. The molecule has 7 heteroatoms. The van der Waals surface area contributed by atoms with Gasteiger partial charge in [0.05, 0.1) is 11.3 Å². The molecule has 0 aromatic heterocycles. The first-order valence-corrected chi connectivity index (χ1v) is 6.31. The number of nitrogens with zero attached hydrogens (tertiary/aromatic N) is 2. The molecule has 6 nitrogen and oxygen atoms in total. The monoisotopic (exact) mass is 254 g/mol. The van der Waals surface area contributed by atoms with Gasteiger partial charge in [0.15, 0.2) is 4.75 Å². The van der Waals surface area contributed by atoms with Crippen molar-refractivity contribution in [2.24, 2.45) is 10.2 Å². The highest BCUT2D eigenvalue weighted by molar-refractivity contribution is 7.87. The Balaban J connectivity index is 2.67. The van der Waals surface area contributed by atoms with E-state index >= 15 is 0 Å². The highest BCUT2D eigenvalue weighted by Gasteiger charge is 2.49. The van der Waals surface area contributed by atoms with Crippen LogP contribution >= 0.6 is 0 Å². The van der Waals surface area contributed by atoms with Gasteiger partial charge in [-0.15, -0.1) is 5.11 Å². The molecule has 1 aliphatic carbocycles. The molecule has 2 rings (SSSR count). The van der Waals surface area contributed by atoms with E-state index in [1.54, 1.807) is 12.2 Å². The Bertz CT molecular complexity index is 598. The van der Waals surface area contributed by atoms with Gasteiger partial charge < -0.3 is 0 Å².